The molecule has 0 aliphatic rings. The summed E-state index contributed by atoms with van der Waals surface area (Å²) < 4.78 is 16.2. The van der Waals surface area contributed by atoms with Crippen LogP contribution in [0.15, 0.2) is 42.7 Å². The van der Waals surface area contributed by atoms with Crippen LogP contribution in [0.5, 0.6) is 11.5 Å². The fourth-order valence-corrected chi connectivity index (χ4v) is 2.94. The first-order valence-corrected chi connectivity index (χ1v) is 8.92. The normalized spacial score (nSPS) is 11.4. The van der Waals surface area contributed by atoms with Crippen LogP contribution < -0.4 is 9.47 Å². The number of rotatable bonds is 8. The number of carbonyl (C=O) groups is 1. The van der Waals surface area contributed by atoms with E-state index in [2.05, 4.69) is 0 Å². The number of hydrogen-bond acceptors (Lipinski definition) is 4. The number of benzene rings is 2. The first-order chi connectivity index (χ1) is 12.8. The Labute approximate surface area is 168 Å². The maximum absolute atomic E-state index is 11.5. The number of carboxylic acid groups (broad SMARTS) is 1. The molecule has 0 fully saturated rings. The van der Waals surface area contributed by atoms with Gasteiger partial charge < -0.3 is 19.3 Å². The smallest absolute Gasteiger partial charge is 0.339 e. The molecule has 0 aliphatic carbocycles. The van der Waals surface area contributed by atoms with E-state index in [1.54, 1.807) is 36.4 Å². The second kappa shape index (κ2) is 9.53. The van der Waals surface area contributed by atoms with Crippen molar-refractivity contribution >= 4 is 34.7 Å². The van der Waals surface area contributed by atoms with Crippen molar-refractivity contribution in [2.45, 2.75) is 26.6 Å². The lowest BCUT2D eigenvalue weighted by Crippen LogP contribution is -2.07. The van der Waals surface area contributed by atoms with Crippen molar-refractivity contribution in [1.29, 1.82) is 0 Å². The molecular formula is C20H20Cl2O5. The third kappa shape index (κ3) is 5.55. The standard InChI is InChI=1S/C20H20Cl2O5/c1-12(2)27-19-17(21)8-14(9-18(19)22)26-10-13-6-4-5-7-15(13)16(11-25-3)20(23)24/h4-9,11-12H,10H2,1-3H3,(H,23,24)/b16-11+. The fourth-order valence-electron chi connectivity index (χ4n) is 2.39. The predicted molar refractivity (Wildman–Crippen MR) is 106 cm³/mol. The second-order valence-electron chi connectivity index (χ2n) is 5.90. The Morgan fingerprint density at radius 1 is 1.19 bits per heavy atom. The zero-order valence-electron chi connectivity index (χ0n) is 15.2. The Balaban J connectivity index is 2.25. The lowest BCUT2D eigenvalue weighted by molar-refractivity contribution is -0.130. The summed E-state index contributed by atoms with van der Waals surface area (Å²) in [6.07, 6.45) is 1.12. The third-order valence-corrected chi connectivity index (χ3v) is 4.05. The van der Waals surface area contributed by atoms with Gasteiger partial charge >= 0.3 is 5.97 Å². The average molecular weight is 411 g/mol. The minimum Gasteiger partial charge on any atom is -0.503 e. The highest BCUT2D eigenvalue weighted by molar-refractivity contribution is 6.37. The van der Waals surface area contributed by atoms with Crippen molar-refractivity contribution in [3.63, 3.8) is 0 Å². The molecule has 0 bridgehead atoms. The van der Waals surface area contributed by atoms with Crippen molar-refractivity contribution in [3.05, 3.63) is 63.8 Å². The fraction of sp³-hybridized carbons (Fsp3) is 0.250. The first kappa shape index (κ1) is 20.9. The van der Waals surface area contributed by atoms with Crippen molar-refractivity contribution < 1.29 is 24.1 Å². The quantitative estimate of drug-likeness (QED) is 0.464. The number of hydrogen-bond donors (Lipinski definition) is 1. The lowest BCUT2D eigenvalue weighted by Gasteiger charge is -2.15. The molecule has 0 radical (unpaired) electrons. The van der Waals surface area contributed by atoms with Crippen molar-refractivity contribution in [2.75, 3.05) is 7.11 Å². The molecule has 0 unspecified atom stereocenters. The van der Waals surface area contributed by atoms with E-state index in [0.717, 1.165) is 0 Å². The summed E-state index contributed by atoms with van der Waals surface area (Å²) in [6.45, 7) is 3.88. The maximum atomic E-state index is 11.5. The zero-order chi connectivity index (χ0) is 20.0. The van der Waals surface area contributed by atoms with Crippen LogP contribution in [0, 0.1) is 0 Å². The number of aliphatic carboxylic acids is 1. The van der Waals surface area contributed by atoms with E-state index in [1.165, 1.54) is 13.4 Å². The molecule has 0 amide bonds. The predicted octanol–water partition coefficient (Wildman–Crippen LogP) is 5.43. The van der Waals surface area contributed by atoms with Gasteiger partial charge in [-0.05, 0) is 25.0 Å². The minimum atomic E-state index is -1.09. The van der Waals surface area contributed by atoms with E-state index < -0.39 is 5.97 Å². The highest BCUT2D eigenvalue weighted by atomic mass is 35.5. The van der Waals surface area contributed by atoms with Gasteiger partial charge in [-0.25, -0.2) is 4.79 Å². The van der Waals surface area contributed by atoms with Gasteiger partial charge in [0.15, 0.2) is 5.75 Å². The van der Waals surface area contributed by atoms with Gasteiger partial charge in [0, 0.05) is 12.1 Å². The van der Waals surface area contributed by atoms with Gasteiger partial charge in [0.05, 0.1) is 29.5 Å². The number of halogens is 2. The van der Waals surface area contributed by atoms with E-state index in [4.69, 9.17) is 37.4 Å². The summed E-state index contributed by atoms with van der Waals surface area (Å²) in [5.74, 6) is -0.244. The second-order valence-corrected chi connectivity index (χ2v) is 6.72. The average Bonchev–Trinajstić information content (AvgIpc) is 2.61. The Morgan fingerprint density at radius 3 is 2.37 bits per heavy atom. The van der Waals surface area contributed by atoms with E-state index in [-0.39, 0.29) is 18.3 Å². The van der Waals surface area contributed by atoms with Crippen LogP contribution >= 0.6 is 23.2 Å². The van der Waals surface area contributed by atoms with Crippen molar-refractivity contribution in [2.24, 2.45) is 0 Å². The zero-order valence-corrected chi connectivity index (χ0v) is 16.7. The maximum Gasteiger partial charge on any atom is 0.339 e. The van der Waals surface area contributed by atoms with Crippen LogP contribution in [0.25, 0.3) is 5.57 Å². The van der Waals surface area contributed by atoms with Gasteiger partial charge in [0.2, 0.25) is 0 Å². The van der Waals surface area contributed by atoms with E-state index in [1.807, 2.05) is 13.8 Å². The molecule has 5 nitrogen and oxygen atoms in total. The van der Waals surface area contributed by atoms with Crippen LogP contribution in [0.2, 0.25) is 10.0 Å². The first-order valence-electron chi connectivity index (χ1n) is 8.16. The summed E-state index contributed by atoms with van der Waals surface area (Å²) in [6, 6.07) is 10.2. The molecule has 0 saturated carbocycles. The molecule has 27 heavy (non-hydrogen) atoms. The Hall–Kier alpha value is -2.37. The molecule has 2 aromatic carbocycles. The van der Waals surface area contributed by atoms with Gasteiger partial charge in [0.25, 0.3) is 0 Å². The summed E-state index contributed by atoms with van der Waals surface area (Å²) in [5.41, 5.74) is 1.22. The summed E-state index contributed by atoms with van der Waals surface area (Å²) in [5, 5.41) is 10.1. The molecule has 0 aliphatic heterocycles. The molecule has 7 heteroatoms. The largest absolute Gasteiger partial charge is 0.503 e. The number of methoxy groups -OCH3 is 1. The van der Waals surface area contributed by atoms with Crippen LogP contribution in [0.4, 0.5) is 0 Å². The van der Waals surface area contributed by atoms with E-state index >= 15 is 0 Å². The van der Waals surface area contributed by atoms with E-state index in [0.29, 0.717) is 32.7 Å². The van der Waals surface area contributed by atoms with Gasteiger partial charge in [-0.1, -0.05) is 47.5 Å². The van der Waals surface area contributed by atoms with Gasteiger partial charge in [-0.2, -0.15) is 0 Å². The summed E-state index contributed by atoms with van der Waals surface area (Å²) in [4.78, 5) is 11.5. The van der Waals surface area contributed by atoms with Crippen molar-refractivity contribution in [3.8, 4) is 11.5 Å². The molecular weight excluding hydrogens is 391 g/mol. The number of carboxylic acids is 1. The summed E-state index contributed by atoms with van der Waals surface area (Å²) in [7, 11) is 1.40. The molecule has 0 saturated heterocycles. The molecule has 0 atom stereocenters. The molecule has 0 heterocycles. The number of ether oxygens (including phenoxy) is 3. The van der Waals surface area contributed by atoms with Gasteiger partial charge in [-0.3, -0.25) is 0 Å². The monoisotopic (exact) mass is 410 g/mol. The van der Waals surface area contributed by atoms with Crippen molar-refractivity contribution in [1.82, 2.24) is 0 Å². The molecule has 2 aromatic rings. The topological polar surface area (TPSA) is 65.0 Å². The van der Waals surface area contributed by atoms with Crippen LogP contribution in [0.3, 0.4) is 0 Å². The molecule has 144 valence electrons. The Kier molecular flexibility index (Phi) is 7.39. The van der Waals surface area contributed by atoms with E-state index in [9.17, 15) is 9.90 Å². The SMILES string of the molecule is CO/C=C(/C(=O)O)c1ccccc1COc1cc(Cl)c(OC(C)C)c(Cl)c1. The van der Waals surface area contributed by atoms with Crippen LogP contribution in [0.1, 0.15) is 25.0 Å². The molecule has 1 N–H and O–H groups in total. The molecule has 0 spiro atoms. The lowest BCUT2D eigenvalue weighted by atomic mass is 10.0. The third-order valence-electron chi connectivity index (χ3n) is 3.49. The molecule has 2 rings (SSSR count). The molecule has 0 aromatic heterocycles. The van der Waals surface area contributed by atoms with Crippen LogP contribution in [-0.2, 0) is 16.1 Å². The minimum absolute atomic E-state index is 0.0356. The van der Waals surface area contributed by atoms with Gasteiger partial charge in [0.1, 0.15) is 17.9 Å². The van der Waals surface area contributed by atoms with Gasteiger partial charge in [-0.15, -0.1) is 0 Å². The highest BCUT2D eigenvalue weighted by Gasteiger charge is 2.16. The highest BCUT2D eigenvalue weighted by Crippen LogP contribution is 2.37. The Morgan fingerprint density at radius 2 is 1.81 bits per heavy atom. The van der Waals surface area contributed by atoms with Crippen LogP contribution in [-0.4, -0.2) is 24.3 Å². The Bertz CT molecular complexity index is 823. The summed E-state index contributed by atoms with van der Waals surface area (Å²) >= 11 is 12.5.